The van der Waals surface area contributed by atoms with E-state index in [1.165, 1.54) is 28.7 Å². The first-order valence-electron chi connectivity index (χ1n) is 10.5. The minimum atomic E-state index is -0.752. The molecule has 2 aromatic carbocycles. The van der Waals surface area contributed by atoms with Gasteiger partial charge < -0.3 is 27.6 Å². The third-order valence-electron chi connectivity index (χ3n) is 5.95. The van der Waals surface area contributed by atoms with Crippen molar-refractivity contribution in [2.24, 2.45) is 0 Å². The molecule has 0 unspecified atom stereocenters. The number of hydrogen-bond donors (Lipinski definition) is 1. The van der Waals surface area contributed by atoms with E-state index in [9.17, 15) is 9.59 Å². The normalized spacial score (nSPS) is 16.7. The lowest BCUT2D eigenvalue weighted by molar-refractivity contribution is -0.408. The number of carbonyl (C=O) groups excluding carboxylic acids is 2. The quantitative estimate of drug-likeness (QED) is 0.666. The molecule has 2 aliphatic carbocycles. The molecule has 6 heteroatoms. The fraction of sp³-hybridized carbons (Fsp3) is 0.417. The number of hydrogen-bond acceptors (Lipinski definition) is 4. The van der Waals surface area contributed by atoms with Crippen molar-refractivity contribution < 1.29 is 37.2 Å². The summed E-state index contributed by atoms with van der Waals surface area (Å²) in [6.07, 6.45) is 5.18. The van der Waals surface area contributed by atoms with Crippen LogP contribution in [0.5, 0.6) is 0 Å². The molecule has 0 bridgehead atoms. The van der Waals surface area contributed by atoms with Crippen molar-refractivity contribution in [2.75, 3.05) is 6.61 Å². The predicted molar refractivity (Wildman–Crippen MR) is 109 cm³/mol. The van der Waals surface area contributed by atoms with Crippen LogP contribution in [-0.4, -0.2) is 30.7 Å². The second-order valence-electron chi connectivity index (χ2n) is 8.01. The van der Waals surface area contributed by atoms with Crippen LogP contribution in [-0.2, 0) is 19.1 Å². The summed E-state index contributed by atoms with van der Waals surface area (Å²) in [5.41, 5.74) is 8.53. The van der Waals surface area contributed by atoms with Crippen molar-refractivity contribution in [3.05, 3.63) is 59.7 Å². The zero-order chi connectivity index (χ0) is 20.2. The molecule has 0 aliphatic heterocycles. The number of fused-ring (bicyclic) bond motifs is 3. The van der Waals surface area contributed by atoms with Crippen LogP contribution in [0.1, 0.15) is 55.6 Å². The maximum atomic E-state index is 12.5. The molecule has 5 nitrogen and oxygen atoms in total. The summed E-state index contributed by atoms with van der Waals surface area (Å²) in [5, 5.41) is 0. The molecular weight excluding hydrogens is 402 g/mol. The van der Waals surface area contributed by atoms with Crippen LogP contribution in [0, 0.1) is 0 Å². The third kappa shape index (κ3) is 4.85. The molecule has 160 valence electrons. The van der Waals surface area contributed by atoms with Gasteiger partial charge in [-0.15, -0.1) is 0 Å². The van der Waals surface area contributed by atoms with Gasteiger partial charge in [-0.1, -0.05) is 55.0 Å². The van der Waals surface area contributed by atoms with E-state index in [1.54, 1.807) is 0 Å². The fourth-order valence-corrected chi connectivity index (χ4v) is 4.42. The average Bonchev–Trinajstić information content (AvgIpc) is 3.06. The first-order chi connectivity index (χ1) is 14.1. The molecule has 2 aromatic rings. The zero-order valence-electron chi connectivity index (χ0n) is 17.0. The lowest BCUT2D eigenvalue weighted by Crippen LogP contribution is -3.00. The molecule has 0 amide bonds. The summed E-state index contributed by atoms with van der Waals surface area (Å²) in [5.74, 6) is -0.800. The second kappa shape index (κ2) is 10.1. The lowest BCUT2D eigenvalue weighted by Gasteiger charge is -2.22. The van der Waals surface area contributed by atoms with E-state index in [0.717, 1.165) is 25.7 Å². The van der Waals surface area contributed by atoms with Gasteiger partial charge in [0.05, 0.1) is 0 Å². The Bertz CT molecular complexity index is 849. The minimum absolute atomic E-state index is 0. The molecule has 0 heterocycles. The van der Waals surface area contributed by atoms with E-state index in [-0.39, 0.29) is 43.4 Å². The number of benzene rings is 2. The Labute approximate surface area is 183 Å². The summed E-state index contributed by atoms with van der Waals surface area (Å²) in [6, 6.07) is 15.7. The van der Waals surface area contributed by atoms with E-state index in [0.29, 0.717) is 0 Å². The molecule has 1 atom stereocenters. The minimum Gasteiger partial charge on any atom is -1.00 e. The Hall–Kier alpha value is -2.37. The fourth-order valence-electron chi connectivity index (χ4n) is 4.42. The van der Waals surface area contributed by atoms with Crippen LogP contribution in [0.3, 0.4) is 0 Å². The number of carbonyl (C=O) groups is 2. The van der Waals surface area contributed by atoms with Crippen LogP contribution >= 0.6 is 0 Å². The Morgan fingerprint density at radius 2 is 1.50 bits per heavy atom. The Morgan fingerprint density at radius 1 is 0.933 bits per heavy atom. The van der Waals surface area contributed by atoms with Gasteiger partial charge in [-0.05, 0) is 47.9 Å². The van der Waals surface area contributed by atoms with Gasteiger partial charge in [0.2, 0.25) is 0 Å². The monoisotopic (exact) mass is 429 g/mol. The van der Waals surface area contributed by atoms with Crippen molar-refractivity contribution in [1.29, 1.82) is 0 Å². The molecule has 3 N–H and O–H groups in total. The molecule has 30 heavy (non-hydrogen) atoms. The number of esters is 2. The van der Waals surface area contributed by atoms with Crippen molar-refractivity contribution in [3.8, 4) is 11.1 Å². The highest BCUT2D eigenvalue weighted by Crippen LogP contribution is 2.44. The van der Waals surface area contributed by atoms with Gasteiger partial charge >= 0.3 is 11.9 Å². The SMILES string of the molecule is [Cl-].[NH3+][C@@H](CC(=O)OC1CCCCC1)C(=O)OCC1c2ccccc2-c2ccccc21. The summed E-state index contributed by atoms with van der Waals surface area (Å²) >= 11 is 0. The topological polar surface area (TPSA) is 80.2 Å². The van der Waals surface area contributed by atoms with E-state index in [1.807, 2.05) is 24.3 Å². The van der Waals surface area contributed by atoms with E-state index in [2.05, 4.69) is 30.0 Å². The van der Waals surface area contributed by atoms with Gasteiger partial charge in [-0.3, -0.25) is 4.79 Å². The highest BCUT2D eigenvalue weighted by Gasteiger charge is 2.31. The van der Waals surface area contributed by atoms with E-state index < -0.39 is 12.0 Å². The van der Waals surface area contributed by atoms with Gasteiger partial charge in [0.25, 0.3) is 0 Å². The van der Waals surface area contributed by atoms with Crippen molar-refractivity contribution in [3.63, 3.8) is 0 Å². The molecule has 2 aliphatic rings. The highest BCUT2D eigenvalue weighted by molar-refractivity contribution is 5.82. The first-order valence-corrected chi connectivity index (χ1v) is 10.5. The maximum absolute atomic E-state index is 12.5. The molecule has 0 aromatic heterocycles. The molecule has 0 radical (unpaired) electrons. The Kier molecular flexibility index (Phi) is 7.51. The van der Waals surface area contributed by atoms with Crippen LogP contribution in [0.2, 0.25) is 0 Å². The van der Waals surface area contributed by atoms with E-state index in [4.69, 9.17) is 9.47 Å². The first kappa shape index (κ1) is 22.3. The molecule has 1 fully saturated rings. The van der Waals surface area contributed by atoms with Gasteiger partial charge in [0.15, 0.2) is 6.04 Å². The van der Waals surface area contributed by atoms with Crippen molar-refractivity contribution in [1.82, 2.24) is 0 Å². The smallest absolute Gasteiger partial charge is 0.365 e. The number of rotatable bonds is 6. The van der Waals surface area contributed by atoms with E-state index >= 15 is 0 Å². The number of ether oxygens (including phenoxy) is 2. The summed E-state index contributed by atoms with van der Waals surface area (Å²) in [7, 11) is 0. The van der Waals surface area contributed by atoms with Crippen LogP contribution < -0.4 is 18.1 Å². The second-order valence-corrected chi connectivity index (χ2v) is 8.01. The molecule has 0 saturated heterocycles. The maximum Gasteiger partial charge on any atom is 0.365 e. The highest BCUT2D eigenvalue weighted by atomic mass is 35.5. The van der Waals surface area contributed by atoms with Crippen LogP contribution in [0.15, 0.2) is 48.5 Å². The number of quaternary nitrogens is 1. The average molecular weight is 430 g/mol. The molecule has 4 rings (SSSR count). The van der Waals surface area contributed by atoms with Gasteiger partial charge in [-0.25, -0.2) is 4.79 Å². The molecule has 0 spiro atoms. The Morgan fingerprint density at radius 3 is 2.10 bits per heavy atom. The predicted octanol–water partition coefficient (Wildman–Crippen LogP) is 0.223. The lowest BCUT2D eigenvalue weighted by atomic mass is 9.98. The largest absolute Gasteiger partial charge is 1.00 e. The van der Waals surface area contributed by atoms with Crippen LogP contribution in [0.4, 0.5) is 0 Å². The van der Waals surface area contributed by atoms with Crippen molar-refractivity contribution >= 4 is 11.9 Å². The Balaban J connectivity index is 0.00000256. The summed E-state index contributed by atoms with van der Waals surface area (Å²) in [4.78, 5) is 24.6. The number of halogens is 1. The summed E-state index contributed by atoms with van der Waals surface area (Å²) < 4.78 is 11.1. The van der Waals surface area contributed by atoms with Gasteiger partial charge in [0, 0.05) is 5.92 Å². The van der Waals surface area contributed by atoms with Crippen molar-refractivity contribution in [2.45, 2.75) is 56.6 Å². The standard InChI is InChI=1S/C24H27NO4.ClH/c25-22(14-23(26)29-16-8-2-1-3-9-16)24(27)28-15-21-19-12-6-4-10-17(19)18-11-5-7-13-20(18)21;/h4-7,10-13,16,21-22H,1-3,8-9,14-15,25H2;1H/t22-;/m0./s1. The molecule has 1 saturated carbocycles. The molecular formula is C24H28ClNO4. The van der Waals surface area contributed by atoms with Gasteiger partial charge in [0.1, 0.15) is 19.1 Å². The zero-order valence-corrected chi connectivity index (χ0v) is 17.8. The third-order valence-corrected chi connectivity index (χ3v) is 5.95. The van der Waals surface area contributed by atoms with Gasteiger partial charge in [-0.2, -0.15) is 0 Å². The van der Waals surface area contributed by atoms with Crippen LogP contribution in [0.25, 0.3) is 11.1 Å². The summed E-state index contributed by atoms with van der Waals surface area (Å²) in [6.45, 7) is 0.247.